The molecule has 0 saturated heterocycles. The van der Waals surface area contributed by atoms with Crippen LogP contribution in [-0.4, -0.2) is 19.1 Å². The smallest absolute Gasteiger partial charge is 0.253 e. The fourth-order valence-corrected chi connectivity index (χ4v) is 1.87. The van der Waals surface area contributed by atoms with Gasteiger partial charge in [-0.2, -0.15) is 0 Å². The molecule has 0 bridgehead atoms. The second-order valence-electron chi connectivity index (χ2n) is 5.52. The average molecular weight is 263 g/mol. The van der Waals surface area contributed by atoms with Crippen molar-refractivity contribution in [3.8, 4) is 0 Å². The van der Waals surface area contributed by atoms with Crippen LogP contribution < -0.4 is 5.32 Å². The third-order valence-electron chi connectivity index (χ3n) is 3.34. The van der Waals surface area contributed by atoms with E-state index in [-0.39, 0.29) is 5.91 Å². The Hall–Kier alpha value is -1.35. The van der Waals surface area contributed by atoms with Crippen molar-refractivity contribution < 1.29 is 9.53 Å². The minimum absolute atomic E-state index is 0.110. The van der Waals surface area contributed by atoms with Gasteiger partial charge in [-0.05, 0) is 36.0 Å². The van der Waals surface area contributed by atoms with E-state index in [1.54, 1.807) is 6.92 Å². The van der Waals surface area contributed by atoms with Crippen molar-refractivity contribution in [1.82, 2.24) is 0 Å². The SMILES string of the molecule is COC(C)C(=O)Nc1ccc(C(C)C)cc1C(C)C. The van der Waals surface area contributed by atoms with Crippen LogP contribution in [0.3, 0.4) is 0 Å². The first kappa shape index (κ1) is 15.7. The van der Waals surface area contributed by atoms with Gasteiger partial charge >= 0.3 is 0 Å². The zero-order valence-corrected chi connectivity index (χ0v) is 12.8. The number of benzene rings is 1. The first-order valence-electron chi connectivity index (χ1n) is 6.84. The highest BCUT2D eigenvalue weighted by atomic mass is 16.5. The van der Waals surface area contributed by atoms with Crippen molar-refractivity contribution in [2.75, 3.05) is 12.4 Å². The molecule has 0 aromatic heterocycles. The normalized spacial score (nSPS) is 12.8. The minimum Gasteiger partial charge on any atom is -0.372 e. The van der Waals surface area contributed by atoms with Crippen LogP contribution in [0.2, 0.25) is 0 Å². The van der Waals surface area contributed by atoms with E-state index in [0.29, 0.717) is 11.8 Å². The number of ether oxygens (including phenoxy) is 1. The summed E-state index contributed by atoms with van der Waals surface area (Å²) >= 11 is 0. The summed E-state index contributed by atoms with van der Waals surface area (Å²) in [5, 5.41) is 2.94. The summed E-state index contributed by atoms with van der Waals surface area (Å²) < 4.78 is 5.03. The fourth-order valence-electron chi connectivity index (χ4n) is 1.87. The van der Waals surface area contributed by atoms with E-state index in [0.717, 1.165) is 5.69 Å². The molecule has 1 rings (SSSR count). The minimum atomic E-state index is -0.440. The molecule has 0 spiro atoms. The van der Waals surface area contributed by atoms with Gasteiger partial charge in [0, 0.05) is 12.8 Å². The molecule has 1 atom stereocenters. The lowest BCUT2D eigenvalue weighted by Crippen LogP contribution is -2.27. The summed E-state index contributed by atoms with van der Waals surface area (Å²) in [5.74, 6) is 0.744. The zero-order chi connectivity index (χ0) is 14.6. The van der Waals surface area contributed by atoms with Gasteiger partial charge in [0.25, 0.3) is 5.91 Å². The molecule has 1 amide bonds. The lowest BCUT2D eigenvalue weighted by Gasteiger charge is -2.18. The monoisotopic (exact) mass is 263 g/mol. The van der Waals surface area contributed by atoms with E-state index in [9.17, 15) is 4.79 Å². The van der Waals surface area contributed by atoms with Crippen molar-refractivity contribution in [1.29, 1.82) is 0 Å². The molecule has 106 valence electrons. The molecule has 0 fully saturated rings. The molecule has 0 aliphatic rings. The molecule has 0 aliphatic heterocycles. The Morgan fingerprint density at radius 3 is 2.21 bits per heavy atom. The van der Waals surface area contributed by atoms with Crippen LogP contribution in [0.25, 0.3) is 0 Å². The van der Waals surface area contributed by atoms with Crippen molar-refractivity contribution in [2.45, 2.75) is 52.6 Å². The molecule has 1 aromatic carbocycles. The van der Waals surface area contributed by atoms with Crippen LogP contribution in [0.4, 0.5) is 5.69 Å². The summed E-state index contributed by atoms with van der Waals surface area (Å²) in [7, 11) is 1.54. The maximum atomic E-state index is 11.9. The molecule has 0 heterocycles. The number of amides is 1. The van der Waals surface area contributed by atoms with Gasteiger partial charge in [-0.3, -0.25) is 4.79 Å². The van der Waals surface area contributed by atoms with E-state index in [1.165, 1.54) is 18.2 Å². The highest BCUT2D eigenvalue weighted by Crippen LogP contribution is 2.28. The summed E-state index contributed by atoms with van der Waals surface area (Å²) in [6.07, 6.45) is -0.440. The third kappa shape index (κ3) is 4.06. The van der Waals surface area contributed by atoms with Crippen molar-refractivity contribution in [2.24, 2.45) is 0 Å². The zero-order valence-electron chi connectivity index (χ0n) is 12.8. The number of hydrogen-bond donors (Lipinski definition) is 1. The highest BCUT2D eigenvalue weighted by Gasteiger charge is 2.15. The molecular weight excluding hydrogens is 238 g/mol. The quantitative estimate of drug-likeness (QED) is 0.874. The van der Waals surface area contributed by atoms with Crippen LogP contribution in [0, 0.1) is 0 Å². The maximum absolute atomic E-state index is 11.9. The van der Waals surface area contributed by atoms with E-state index in [1.807, 2.05) is 6.07 Å². The number of methoxy groups -OCH3 is 1. The number of anilines is 1. The summed E-state index contributed by atoms with van der Waals surface area (Å²) in [6, 6.07) is 6.25. The first-order valence-corrected chi connectivity index (χ1v) is 6.84. The second-order valence-corrected chi connectivity index (χ2v) is 5.52. The van der Waals surface area contributed by atoms with Gasteiger partial charge in [0.15, 0.2) is 0 Å². The molecule has 3 heteroatoms. The van der Waals surface area contributed by atoms with Crippen molar-refractivity contribution in [3.63, 3.8) is 0 Å². The highest BCUT2D eigenvalue weighted by molar-refractivity contribution is 5.94. The van der Waals surface area contributed by atoms with Gasteiger partial charge < -0.3 is 10.1 Å². The average Bonchev–Trinajstić information content (AvgIpc) is 2.37. The van der Waals surface area contributed by atoms with Crippen molar-refractivity contribution >= 4 is 11.6 Å². The first-order chi connectivity index (χ1) is 8.86. The topological polar surface area (TPSA) is 38.3 Å². The summed E-state index contributed by atoms with van der Waals surface area (Å²) in [5.41, 5.74) is 3.35. The lowest BCUT2D eigenvalue weighted by atomic mass is 9.94. The maximum Gasteiger partial charge on any atom is 0.253 e. The predicted molar refractivity (Wildman–Crippen MR) is 79.7 cm³/mol. The molecule has 1 N–H and O–H groups in total. The van der Waals surface area contributed by atoms with Crippen LogP contribution in [0.1, 0.15) is 57.6 Å². The Labute approximate surface area is 116 Å². The number of rotatable bonds is 5. The fraction of sp³-hybridized carbons (Fsp3) is 0.562. The van der Waals surface area contributed by atoms with E-state index >= 15 is 0 Å². The van der Waals surface area contributed by atoms with Crippen LogP contribution >= 0.6 is 0 Å². The van der Waals surface area contributed by atoms with Gasteiger partial charge in [-0.25, -0.2) is 0 Å². The molecule has 19 heavy (non-hydrogen) atoms. The van der Waals surface area contributed by atoms with E-state index in [4.69, 9.17) is 4.74 Å². The Morgan fingerprint density at radius 2 is 1.74 bits per heavy atom. The number of carbonyl (C=O) groups excluding carboxylic acids is 1. The standard InChI is InChI=1S/C16H25NO2/c1-10(2)13-7-8-15(14(9-13)11(3)4)17-16(18)12(5)19-6/h7-12H,1-6H3,(H,17,18). The van der Waals surface area contributed by atoms with Gasteiger partial charge in [-0.1, -0.05) is 39.8 Å². The van der Waals surface area contributed by atoms with Gasteiger partial charge in [0.05, 0.1) is 0 Å². The van der Waals surface area contributed by atoms with Crippen molar-refractivity contribution in [3.05, 3.63) is 29.3 Å². The molecule has 1 aromatic rings. The van der Waals surface area contributed by atoms with E-state index < -0.39 is 6.10 Å². The Kier molecular flexibility index (Phi) is 5.55. The molecule has 0 aliphatic carbocycles. The Balaban J connectivity index is 3.04. The summed E-state index contributed by atoms with van der Waals surface area (Å²) in [6.45, 7) is 10.4. The van der Waals surface area contributed by atoms with Gasteiger partial charge in [0.1, 0.15) is 6.10 Å². The molecule has 3 nitrogen and oxygen atoms in total. The third-order valence-corrected chi connectivity index (χ3v) is 3.34. The Bertz CT molecular complexity index is 438. The second kappa shape index (κ2) is 6.71. The molecular formula is C16H25NO2. The Morgan fingerprint density at radius 1 is 1.11 bits per heavy atom. The van der Waals surface area contributed by atoms with E-state index in [2.05, 4.69) is 45.1 Å². The predicted octanol–water partition coefficient (Wildman–Crippen LogP) is 3.91. The molecule has 0 saturated carbocycles. The van der Waals surface area contributed by atoms with Gasteiger partial charge in [-0.15, -0.1) is 0 Å². The number of carbonyl (C=O) groups is 1. The lowest BCUT2D eigenvalue weighted by molar-refractivity contribution is -0.124. The number of hydrogen-bond acceptors (Lipinski definition) is 2. The summed E-state index contributed by atoms with van der Waals surface area (Å²) in [4.78, 5) is 11.9. The largest absolute Gasteiger partial charge is 0.372 e. The van der Waals surface area contributed by atoms with Gasteiger partial charge in [0.2, 0.25) is 0 Å². The number of nitrogens with one attached hydrogen (secondary N) is 1. The van der Waals surface area contributed by atoms with Crippen LogP contribution in [-0.2, 0) is 9.53 Å². The molecule has 1 unspecified atom stereocenters. The molecule has 0 radical (unpaired) electrons. The van der Waals surface area contributed by atoms with Crippen LogP contribution in [0.15, 0.2) is 18.2 Å². The van der Waals surface area contributed by atoms with Crippen LogP contribution in [0.5, 0.6) is 0 Å².